The molecule has 1 unspecified atom stereocenters. The molecule has 19 heavy (non-hydrogen) atoms. The van der Waals surface area contributed by atoms with Crippen molar-refractivity contribution in [2.75, 3.05) is 25.7 Å². The van der Waals surface area contributed by atoms with Gasteiger partial charge in [-0.1, -0.05) is 12.1 Å². The largest absolute Gasteiger partial charge is 0.497 e. The lowest BCUT2D eigenvalue weighted by Gasteiger charge is -2.11. The Labute approximate surface area is 119 Å². The van der Waals surface area contributed by atoms with Gasteiger partial charge in [0.2, 0.25) is 5.91 Å². The number of thioether (sulfide) groups is 1. The summed E-state index contributed by atoms with van der Waals surface area (Å²) < 4.78 is 5.09. The third-order valence-electron chi connectivity index (χ3n) is 2.84. The van der Waals surface area contributed by atoms with Crippen LogP contribution in [0.1, 0.15) is 12.0 Å². The number of methoxy groups -OCH3 is 1. The maximum Gasteiger partial charge on any atom is 0.236 e. The molecule has 0 saturated heterocycles. The summed E-state index contributed by atoms with van der Waals surface area (Å²) in [5, 5.41) is 2.86. The first-order valence-corrected chi connectivity index (χ1v) is 7.72. The second-order valence-electron chi connectivity index (χ2n) is 4.28. The molecule has 3 N–H and O–H groups in total. The number of ether oxygens (including phenoxy) is 1. The van der Waals surface area contributed by atoms with Crippen molar-refractivity contribution in [1.29, 1.82) is 0 Å². The van der Waals surface area contributed by atoms with E-state index in [1.807, 2.05) is 30.5 Å². The Bertz CT molecular complexity index is 382. The van der Waals surface area contributed by atoms with Gasteiger partial charge in [0.1, 0.15) is 5.75 Å². The molecule has 1 aromatic rings. The standard InChI is InChI=1S/C14H22N2O2S/c1-18-12-5-3-11(4-6-12)7-9-16-14(17)13(15)8-10-19-2/h3-6,13H,7-10,15H2,1-2H3,(H,16,17). The highest BCUT2D eigenvalue weighted by molar-refractivity contribution is 7.98. The fourth-order valence-corrected chi connectivity index (χ4v) is 2.12. The summed E-state index contributed by atoms with van der Waals surface area (Å²) in [7, 11) is 1.64. The fraction of sp³-hybridized carbons (Fsp3) is 0.500. The third-order valence-corrected chi connectivity index (χ3v) is 3.49. The Morgan fingerprint density at radius 1 is 1.42 bits per heavy atom. The van der Waals surface area contributed by atoms with Crippen LogP contribution in [0.5, 0.6) is 5.75 Å². The molecule has 0 saturated carbocycles. The van der Waals surface area contributed by atoms with Crippen molar-refractivity contribution >= 4 is 17.7 Å². The quantitative estimate of drug-likeness (QED) is 0.757. The molecule has 4 nitrogen and oxygen atoms in total. The summed E-state index contributed by atoms with van der Waals surface area (Å²) in [6.07, 6.45) is 3.52. The minimum absolute atomic E-state index is 0.0671. The van der Waals surface area contributed by atoms with E-state index in [1.54, 1.807) is 18.9 Å². The maximum atomic E-state index is 11.7. The number of carbonyl (C=O) groups excluding carboxylic acids is 1. The first-order valence-electron chi connectivity index (χ1n) is 6.32. The second-order valence-corrected chi connectivity index (χ2v) is 5.26. The van der Waals surface area contributed by atoms with Crippen molar-refractivity contribution in [3.8, 4) is 5.75 Å². The van der Waals surface area contributed by atoms with Gasteiger partial charge in [-0.15, -0.1) is 0 Å². The molecule has 1 atom stereocenters. The smallest absolute Gasteiger partial charge is 0.236 e. The Hall–Kier alpha value is -1.20. The van der Waals surface area contributed by atoms with E-state index in [2.05, 4.69) is 5.32 Å². The Morgan fingerprint density at radius 2 is 2.11 bits per heavy atom. The second kappa shape index (κ2) is 8.82. The lowest BCUT2D eigenvalue weighted by atomic mass is 10.1. The van der Waals surface area contributed by atoms with Crippen LogP contribution in [0.4, 0.5) is 0 Å². The lowest BCUT2D eigenvalue weighted by Crippen LogP contribution is -2.41. The number of nitrogens with one attached hydrogen (secondary N) is 1. The molecule has 0 aliphatic heterocycles. The number of benzene rings is 1. The summed E-state index contributed by atoms with van der Waals surface area (Å²) in [5.74, 6) is 1.68. The molecule has 1 amide bonds. The number of hydrogen-bond donors (Lipinski definition) is 2. The van der Waals surface area contributed by atoms with Crippen LogP contribution in [0.25, 0.3) is 0 Å². The van der Waals surface area contributed by atoms with Gasteiger partial charge < -0.3 is 15.8 Å². The highest BCUT2D eigenvalue weighted by Crippen LogP contribution is 2.11. The van der Waals surface area contributed by atoms with Crippen molar-refractivity contribution in [2.45, 2.75) is 18.9 Å². The van der Waals surface area contributed by atoms with Crippen molar-refractivity contribution in [1.82, 2.24) is 5.32 Å². The highest BCUT2D eigenvalue weighted by Gasteiger charge is 2.11. The van der Waals surface area contributed by atoms with E-state index in [9.17, 15) is 4.79 Å². The molecule has 0 bridgehead atoms. The zero-order chi connectivity index (χ0) is 14.1. The number of nitrogens with two attached hydrogens (primary N) is 1. The molecule has 1 aromatic carbocycles. The lowest BCUT2D eigenvalue weighted by molar-refractivity contribution is -0.122. The van der Waals surface area contributed by atoms with Gasteiger partial charge in [-0.3, -0.25) is 4.79 Å². The van der Waals surface area contributed by atoms with Crippen molar-refractivity contribution in [3.63, 3.8) is 0 Å². The molecule has 0 radical (unpaired) electrons. The molecule has 0 spiro atoms. The predicted molar refractivity (Wildman–Crippen MR) is 80.7 cm³/mol. The molecule has 5 heteroatoms. The Morgan fingerprint density at radius 3 is 2.68 bits per heavy atom. The Balaban J connectivity index is 2.27. The van der Waals surface area contributed by atoms with E-state index >= 15 is 0 Å². The minimum atomic E-state index is -0.400. The normalized spacial score (nSPS) is 11.9. The van der Waals surface area contributed by atoms with Crippen LogP contribution >= 0.6 is 11.8 Å². The number of rotatable bonds is 8. The van der Waals surface area contributed by atoms with Crippen molar-refractivity contribution in [2.24, 2.45) is 5.73 Å². The first kappa shape index (κ1) is 15.9. The van der Waals surface area contributed by atoms with Gasteiger partial charge in [0, 0.05) is 6.54 Å². The van der Waals surface area contributed by atoms with E-state index < -0.39 is 6.04 Å². The van der Waals surface area contributed by atoms with Gasteiger partial charge in [0.15, 0.2) is 0 Å². The van der Waals surface area contributed by atoms with E-state index in [-0.39, 0.29) is 5.91 Å². The fourth-order valence-electron chi connectivity index (χ4n) is 1.63. The van der Waals surface area contributed by atoms with Crippen LogP contribution in [0, 0.1) is 0 Å². The zero-order valence-electron chi connectivity index (χ0n) is 11.5. The van der Waals surface area contributed by atoms with Crippen LogP contribution in [0.3, 0.4) is 0 Å². The third kappa shape index (κ3) is 5.98. The average Bonchev–Trinajstić information content (AvgIpc) is 2.45. The van der Waals surface area contributed by atoms with E-state index in [4.69, 9.17) is 10.5 Å². The summed E-state index contributed by atoms with van der Waals surface area (Å²) in [6, 6.07) is 7.43. The number of hydrogen-bond acceptors (Lipinski definition) is 4. The van der Waals surface area contributed by atoms with E-state index in [0.29, 0.717) is 6.54 Å². The van der Waals surface area contributed by atoms with Crippen LogP contribution in [-0.2, 0) is 11.2 Å². The van der Waals surface area contributed by atoms with Crippen LogP contribution in [0.15, 0.2) is 24.3 Å². The van der Waals surface area contributed by atoms with Gasteiger partial charge in [0.05, 0.1) is 13.2 Å². The first-order chi connectivity index (χ1) is 9.17. The highest BCUT2D eigenvalue weighted by atomic mass is 32.2. The van der Waals surface area contributed by atoms with E-state index in [0.717, 1.165) is 24.3 Å². The molecular formula is C14H22N2O2S. The van der Waals surface area contributed by atoms with Gasteiger partial charge in [-0.05, 0) is 42.5 Å². The summed E-state index contributed by atoms with van der Waals surface area (Å²) >= 11 is 1.70. The summed E-state index contributed by atoms with van der Waals surface area (Å²) in [4.78, 5) is 11.7. The molecule has 0 aliphatic rings. The number of carbonyl (C=O) groups is 1. The molecule has 0 heterocycles. The van der Waals surface area contributed by atoms with Crippen molar-refractivity contribution < 1.29 is 9.53 Å². The zero-order valence-corrected chi connectivity index (χ0v) is 12.3. The van der Waals surface area contributed by atoms with Gasteiger partial charge >= 0.3 is 0 Å². The summed E-state index contributed by atoms with van der Waals surface area (Å²) in [6.45, 7) is 0.609. The topological polar surface area (TPSA) is 64.3 Å². The van der Waals surface area contributed by atoms with Gasteiger partial charge in [0.25, 0.3) is 0 Å². The van der Waals surface area contributed by atoms with Crippen LogP contribution in [-0.4, -0.2) is 37.6 Å². The molecule has 106 valence electrons. The number of amides is 1. The molecular weight excluding hydrogens is 260 g/mol. The maximum absolute atomic E-state index is 11.7. The molecule has 1 rings (SSSR count). The predicted octanol–water partition coefficient (Wildman–Crippen LogP) is 1.43. The molecule has 0 aliphatic carbocycles. The van der Waals surface area contributed by atoms with Gasteiger partial charge in [-0.2, -0.15) is 11.8 Å². The SMILES string of the molecule is COc1ccc(CCNC(=O)C(N)CCSC)cc1. The minimum Gasteiger partial charge on any atom is -0.497 e. The molecule has 0 fully saturated rings. The monoisotopic (exact) mass is 282 g/mol. The summed E-state index contributed by atoms with van der Waals surface area (Å²) in [5.41, 5.74) is 6.94. The van der Waals surface area contributed by atoms with E-state index in [1.165, 1.54) is 5.56 Å². The van der Waals surface area contributed by atoms with Gasteiger partial charge in [-0.25, -0.2) is 0 Å². The Kier molecular flexibility index (Phi) is 7.36. The van der Waals surface area contributed by atoms with Crippen molar-refractivity contribution in [3.05, 3.63) is 29.8 Å². The van der Waals surface area contributed by atoms with Crippen LogP contribution < -0.4 is 15.8 Å². The molecule has 0 aromatic heterocycles. The average molecular weight is 282 g/mol. The van der Waals surface area contributed by atoms with Crippen LogP contribution in [0.2, 0.25) is 0 Å².